The standard InChI is InChI=1S/C19H17ClN6OS/c1-2-10-26-17(15-8-3-4-9-21-15)23-24-19(26)28-12-16-22-18(27-25-16)13-6-5-7-14(20)11-13/h3-9,11H,2,10,12H2,1H3. The van der Waals surface area contributed by atoms with Gasteiger partial charge in [0.15, 0.2) is 16.8 Å². The first-order valence-corrected chi connectivity index (χ1v) is 10.2. The maximum Gasteiger partial charge on any atom is 0.258 e. The maximum absolute atomic E-state index is 6.03. The predicted molar refractivity (Wildman–Crippen MR) is 108 cm³/mol. The molecule has 0 atom stereocenters. The fraction of sp³-hybridized carbons (Fsp3) is 0.211. The summed E-state index contributed by atoms with van der Waals surface area (Å²) in [5, 5.41) is 14.2. The van der Waals surface area contributed by atoms with Crippen LogP contribution in [0.2, 0.25) is 5.02 Å². The Hall–Kier alpha value is -2.71. The quantitative estimate of drug-likeness (QED) is 0.405. The molecule has 0 aliphatic heterocycles. The minimum atomic E-state index is 0.447. The predicted octanol–water partition coefficient (Wildman–Crippen LogP) is 4.75. The third-order valence-corrected chi connectivity index (χ3v) is 5.13. The SMILES string of the molecule is CCCn1c(SCc2noc(-c3cccc(Cl)c3)n2)nnc1-c1ccccn1. The van der Waals surface area contributed by atoms with E-state index < -0.39 is 0 Å². The van der Waals surface area contributed by atoms with Crippen molar-refractivity contribution >= 4 is 23.4 Å². The van der Waals surface area contributed by atoms with Crippen LogP contribution in [0.3, 0.4) is 0 Å². The lowest BCUT2D eigenvalue weighted by molar-refractivity contribution is 0.425. The van der Waals surface area contributed by atoms with E-state index in [2.05, 4.69) is 36.8 Å². The Kier molecular flexibility index (Phi) is 5.68. The highest BCUT2D eigenvalue weighted by Crippen LogP contribution is 2.26. The van der Waals surface area contributed by atoms with E-state index in [1.54, 1.807) is 18.3 Å². The molecule has 0 aliphatic carbocycles. The summed E-state index contributed by atoms with van der Waals surface area (Å²) in [6, 6.07) is 13.1. The van der Waals surface area contributed by atoms with Crippen LogP contribution < -0.4 is 0 Å². The van der Waals surface area contributed by atoms with Crippen molar-refractivity contribution in [2.45, 2.75) is 30.8 Å². The molecule has 9 heteroatoms. The van der Waals surface area contributed by atoms with Crippen LogP contribution in [0.4, 0.5) is 0 Å². The second kappa shape index (κ2) is 8.53. The normalized spacial score (nSPS) is 11.1. The summed E-state index contributed by atoms with van der Waals surface area (Å²) in [6.07, 6.45) is 2.72. The van der Waals surface area contributed by atoms with Crippen LogP contribution in [0.5, 0.6) is 0 Å². The molecule has 0 spiro atoms. The summed E-state index contributed by atoms with van der Waals surface area (Å²) in [7, 11) is 0. The molecule has 1 aromatic carbocycles. The Morgan fingerprint density at radius 2 is 2.07 bits per heavy atom. The van der Waals surface area contributed by atoms with Gasteiger partial charge in [-0.15, -0.1) is 10.2 Å². The van der Waals surface area contributed by atoms with E-state index in [-0.39, 0.29) is 0 Å². The number of aromatic nitrogens is 6. The topological polar surface area (TPSA) is 82.5 Å². The molecule has 0 fully saturated rings. The lowest BCUT2D eigenvalue weighted by Crippen LogP contribution is -2.02. The van der Waals surface area contributed by atoms with Gasteiger partial charge in [0.1, 0.15) is 5.69 Å². The van der Waals surface area contributed by atoms with Crippen molar-refractivity contribution < 1.29 is 4.52 Å². The van der Waals surface area contributed by atoms with Gasteiger partial charge in [-0.2, -0.15) is 4.98 Å². The zero-order chi connectivity index (χ0) is 19.3. The van der Waals surface area contributed by atoms with E-state index in [1.165, 1.54) is 11.8 Å². The smallest absolute Gasteiger partial charge is 0.258 e. The fourth-order valence-corrected chi connectivity index (χ4v) is 3.68. The molecule has 0 unspecified atom stereocenters. The monoisotopic (exact) mass is 412 g/mol. The number of halogens is 1. The van der Waals surface area contributed by atoms with Gasteiger partial charge in [-0.1, -0.05) is 47.6 Å². The highest BCUT2D eigenvalue weighted by Gasteiger charge is 2.16. The van der Waals surface area contributed by atoms with Gasteiger partial charge in [-0.05, 0) is 36.8 Å². The minimum Gasteiger partial charge on any atom is -0.334 e. The van der Waals surface area contributed by atoms with Crippen molar-refractivity contribution in [1.82, 2.24) is 29.9 Å². The molecular weight excluding hydrogens is 396 g/mol. The van der Waals surface area contributed by atoms with E-state index >= 15 is 0 Å². The minimum absolute atomic E-state index is 0.447. The molecule has 28 heavy (non-hydrogen) atoms. The summed E-state index contributed by atoms with van der Waals surface area (Å²) in [5.74, 6) is 2.32. The van der Waals surface area contributed by atoms with Gasteiger partial charge in [-0.25, -0.2) is 0 Å². The molecule has 0 bridgehead atoms. The second-order valence-corrected chi connectivity index (χ2v) is 7.37. The Morgan fingerprint density at radius 3 is 2.86 bits per heavy atom. The van der Waals surface area contributed by atoms with Gasteiger partial charge in [0.25, 0.3) is 5.89 Å². The summed E-state index contributed by atoms with van der Waals surface area (Å²) < 4.78 is 7.43. The van der Waals surface area contributed by atoms with Crippen LogP contribution in [0.1, 0.15) is 19.2 Å². The largest absolute Gasteiger partial charge is 0.334 e. The number of benzene rings is 1. The van der Waals surface area contributed by atoms with Gasteiger partial charge in [-0.3, -0.25) is 4.98 Å². The van der Waals surface area contributed by atoms with Crippen LogP contribution in [0.25, 0.3) is 23.0 Å². The molecule has 3 aromatic heterocycles. The maximum atomic E-state index is 6.03. The summed E-state index contributed by atoms with van der Waals surface area (Å²) in [5.41, 5.74) is 1.60. The summed E-state index contributed by atoms with van der Waals surface area (Å²) in [6.45, 7) is 2.92. The molecule has 0 amide bonds. The van der Waals surface area contributed by atoms with Crippen LogP contribution in [-0.2, 0) is 12.3 Å². The third-order valence-electron chi connectivity index (χ3n) is 3.93. The van der Waals surface area contributed by atoms with Crippen LogP contribution in [-0.4, -0.2) is 29.9 Å². The highest BCUT2D eigenvalue weighted by atomic mass is 35.5. The molecule has 0 saturated carbocycles. The molecule has 0 aliphatic rings. The lowest BCUT2D eigenvalue weighted by Gasteiger charge is -2.07. The van der Waals surface area contributed by atoms with Crippen molar-refractivity contribution in [1.29, 1.82) is 0 Å². The first-order valence-electron chi connectivity index (χ1n) is 8.80. The zero-order valence-electron chi connectivity index (χ0n) is 15.1. The third kappa shape index (κ3) is 4.07. The van der Waals surface area contributed by atoms with E-state index in [9.17, 15) is 0 Å². The zero-order valence-corrected chi connectivity index (χ0v) is 16.7. The first-order chi connectivity index (χ1) is 13.7. The highest BCUT2D eigenvalue weighted by molar-refractivity contribution is 7.98. The number of hydrogen-bond donors (Lipinski definition) is 0. The molecular formula is C19H17ClN6OS. The molecule has 0 saturated heterocycles. The van der Waals surface area contributed by atoms with Crippen molar-refractivity contribution in [3.05, 3.63) is 59.5 Å². The van der Waals surface area contributed by atoms with E-state index in [0.29, 0.717) is 22.5 Å². The second-order valence-electron chi connectivity index (χ2n) is 5.99. The van der Waals surface area contributed by atoms with Gasteiger partial charge in [0, 0.05) is 23.3 Å². The van der Waals surface area contributed by atoms with Gasteiger partial charge < -0.3 is 9.09 Å². The molecule has 4 aromatic rings. The Bertz CT molecular complexity index is 1070. The van der Waals surface area contributed by atoms with Crippen LogP contribution in [0, 0.1) is 0 Å². The Labute approximate surface area is 171 Å². The molecule has 142 valence electrons. The van der Waals surface area contributed by atoms with Crippen LogP contribution >= 0.6 is 23.4 Å². The van der Waals surface area contributed by atoms with Crippen molar-refractivity contribution in [3.63, 3.8) is 0 Å². The average molecular weight is 413 g/mol. The van der Waals surface area contributed by atoms with Crippen molar-refractivity contribution in [3.8, 4) is 23.0 Å². The van der Waals surface area contributed by atoms with Gasteiger partial charge >= 0.3 is 0 Å². The summed E-state index contributed by atoms with van der Waals surface area (Å²) in [4.78, 5) is 8.83. The molecule has 0 radical (unpaired) electrons. The van der Waals surface area contributed by atoms with Gasteiger partial charge in [0.05, 0.1) is 5.75 Å². The molecule has 7 nitrogen and oxygen atoms in total. The summed E-state index contributed by atoms with van der Waals surface area (Å²) >= 11 is 7.54. The Morgan fingerprint density at radius 1 is 1.14 bits per heavy atom. The number of nitrogens with zero attached hydrogens (tertiary/aromatic N) is 6. The number of thioether (sulfide) groups is 1. The van der Waals surface area contributed by atoms with Gasteiger partial charge in [0.2, 0.25) is 0 Å². The number of hydrogen-bond acceptors (Lipinski definition) is 7. The Balaban J connectivity index is 1.52. The molecule has 0 N–H and O–H groups in total. The number of pyridine rings is 1. The van der Waals surface area contributed by atoms with Crippen LogP contribution in [0.15, 0.2) is 58.3 Å². The molecule has 3 heterocycles. The average Bonchev–Trinajstić information content (AvgIpc) is 3.35. The van der Waals surface area contributed by atoms with Crippen molar-refractivity contribution in [2.24, 2.45) is 0 Å². The van der Waals surface area contributed by atoms with E-state index in [1.807, 2.05) is 30.3 Å². The fourth-order valence-electron chi connectivity index (χ4n) is 2.69. The van der Waals surface area contributed by atoms with E-state index in [4.69, 9.17) is 16.1 Å². The number of rotatable bonds is 7. The molecule has 4 rings (SSSR count). The lowest BCUT2D eigenvalue weighted by atomic mass is 10.2. The first kappa shape index (κ1) is 18.6. The van der Waals surface area contributed by atoms with Crippen molar-refractivity contribution in [2.75, 3.05) is 0 Å². The van der Waals surface area contributed by atoms with E-state index in [0.717, 1.165) is 35.2 Å².